The van der Waals surface area contributed by atoms with Crippen molar-refractivity contribution >= 4 is 55.0 Å². The molecule has 2 aromatic heterocycles. The summed E-state index contributed by atoms with van der Waals surface area (Å²) in [7, 11) is 0. The van der Waals surface area contributed by atoms with Gasteiger partial charge in [0, 0.05) is 20.3 Å². The van der Waals surface area contributed by atoms with E-state index in [2.05, 4.69) is 21.2 Å². The van der Waals surface area contributed by atoms with Crippen molar-refractivity contribution in [2.75, 3.05) is 11.9 Å². The Balaban J connectivity index is 1.58. The number of para-hydroxylation sites is 1. The molecule has 0 atom stereocenters. The maximum atomic E-state index is 13.7. The SMILES string of the molecule is CCOC(=O)c1c(NC(=O)c2cc(-c3cccc(Br)c3)nc3ccccc23)sc2c1CCCCC2. The average Bonchev–Trinajstić information content (AvgIpc) is 3.03. The maximum Gasteiger partial charge on any atom is 0.341 e. The van der Waals surface area contributed by atoms with E-state index in [0.29, 0.717) is 28.4 Å². The van der Waals surface area contributed by atoms with Crippen molar-refractivity contribution in [3.05, 3.63) is 80.6 Å². The highest BCUT2D eigenvalue weighted by atomic mass is 79.9. The van der Waals surface area contributed by atoms with Gasteiger partial charge in [0.2, 0.25) is 0 Å². The number of anilines is 1. The van der Waals surface area contributed by atoms with Gasteiger partial charge in [-0.3, -0.25) is 4.79 Å². The van der Waals surface area contributed by atoms with E-state index < -0.39 is 0 Å². The third-order valence-electron chi connectivity index (χ3n) is 6.21. The number of carbonyl (C=O) groups excluding carboxylic acids is 2. The summed E-state index contributed by atoms with van der Waals surface area (Å²) in [4.78, 5) is 32.6. The molecule has 0 bridgehead atoms. The van der Waals surface area contributed by atoms with Gasteiger partial charge in [0.15, 0.2) is 0 Å². The number of carbonyl (C=O) groups is 2. The number of nitrogens with zero attached hydrogens (tertiary/aromatic N) is 1. The number of rotatable bonds is 5. The third kappa shape index (κ3) is 4.88. The number of halogens is 1. The minimum absolute atomic E-state index is 0.262. The topological polar surface area (TPSA) is 68.3 Å². The van der Waals surface area contributed by atoms with Crippen molar-refractivity contribution in [1.29, 1.82) is 0 Å². The van der Waals surface area contributed by atoms with E-state index in [4.69, 9.17) is 9.72 Å². The lowest BCUT2D eigenvalue weighted by molar-refractivity contribution is 0.0527. The standard InChI is InChI=1S/C28H25BrN2O3S/c1-2-34-28(33)25-20-12-4-3-5-14-24(20)35-27(25)31-26(32)21-16-23(17-9-8-10-18(29)15-17)30-22-13-7-6-11-19(21)22/h6-11,13,15-16H,2-5,12,14H2,1H3,(H,31,32). The number of thiophene rings is 1. The Kier molecular flexibility index (Phi) is 6.97. The van der Waals surface area contributed by atoms with Crippen LogP contribution in [0.3, 0.4) is 0 Å². The lowest BCUT2D eigenvalue weighted by Crippen LogP contribution is -2.16. The molecule has 0 fully saturated rings. The summed E-state index contributed by atoms with van der Waals surface area (Å²) in [5.41, 5.74) is 4.44. The van der Waals surface area contributed by atoms with Crippen molar-refractivity contribution < 1.29 is 14.3 Å². The number of hydrogen-bond donors (Lipinski definition) is 1. The highest BCUT2D eigenvalue weighted by Gasteiger charge is 2.27. The van der Waals surface area contributed by atoms with Gasteiger partial charge in [-0.2, -0.15) is 0 Å². The number of aromatic nitrogens is 1. The van der Waals surface area contributed by atoms with E-state index in [-0.39, 0.29) is 11.9 Å². The molecule has 178 valence electrons. The molecule has 0 spiro atoms. The summed E-state index contributed by atoms with van der Waals surface area (Å²) < 4.78 is 6.32. The fourth-order valence-electron chi connectivity index (χ4n) is 4.58. The van der Waals surface area contributed by atoms with Gasteiger partial charge in [0.1, 0.15) is 5.00 Å². The Labute approximate surface area is 216 Å². The van der Waals surface area contributed by atoms with Crippen LogP contribution < -0.4 is 5.32 Å². The lowest BCUT2D eigenvalue weighted by Gasteiger charge is -2.12. The Hall–Kier alpha value is -3.03. The van der Waals surface area contributed by atoms with Crippen LogP contribution >= 0.6 is 27.3 Å². The molecule has 2 heterocycles. The second kappa shape index (κ2) is 10.3. The van der Waals surface area contributed by atoms with E-state index in [0.717, 1.165) is 58.6 Å². The Morgan fingerprint density at radius 3 is 2.71 bits per heavy atom. The Bertz CT molecular complexity index is 1430. The summed E-state index contributed by atoms with van der Waals surface area (Å²) in [6.45, 7) is 2.09. The summed E-state index contributed by atoms with van der Waals surface area (Å²) in [5, 5.41) is 4.41. The smallest absolute Gasteiger partial charge is 0.341 e. The van der Waals surface area contributed by atoms with Gasteiger partial charge in [-0.25, -0.2) is 9.78 Å². The highest BCUT2D eigenvalue weighted by molar-refractivity contribution is 9.10. The molecule has 35 heavy (non-hydrogen) atoms. The molecule has 0 radical (unpaired) electrons. The monoisotopic (exact) mass is 548 g/mol. The first-order valence-electron chi connectivity index (χ1n) is 11.8. The van der Waals surface area contributed by atoms with Gasteiger partial charge in [0.25, 0.3) is 5.91 Å². The van der Waals surface area contributed by atoms with Gasteiger partial charge in [-0.15, -0.1) is 11.3 Å². The largest absolute Gasteiger partial charge is 0.462 e. The normalized spacial score (nSPS) is 13.2. The van der Waals surface area contributed by atoms with E-state index in [1.54, 1.807) is 6.92 Å². The van der Waals surface area contributed by atoms with E-state index in [9.17, 15) is 9.59 Å². The second-order valence-electron chi connectivity index (χ2n) is 8.53. The molecule has 0 unspecified atom stereocenters. The molecule has 1 amide bonds. The highest BCUT2D eigenvalue weighted by Crippen LogP contribution is 2.38. The predicted octanol–water partition coefficient (Wildman–Crippen LogP) is 7.42. The number of ether oxygens (including phenoxy) is 1. The average molecular weight is 549 g/mol. The number of benzene rings is 2. The van der Waals surface area contributed by atoms with Crippen LogP contribution in [-0.2, 0) is 17.6 Å². The van der Waals surface area contributed by atoms with Crippen LogP contribution in [0.15, 0.2) is 59.1 Å². The number of pyridine rings is 1. The van der Waals surface area contributed by atoms with Crippen LogP contribution in [0.5, 0.6) is 0 Å². The number of amides is 1. The van der Waals surface area contributed by atoms with Crippen molar-refractivity contribution in [2.24, 2.45) is 0 Å². The van der Waals surface area contributed by atoms with Crippen molar-refractivity contribution in [1.82, 2.24) is 4.98 Å². The maximum absolute atomic E-state index is 13.7. The van der Waals surface area contributed by atoms with Crippen LogP contribution in [0.4, 0.5) is 5.00 Å². The zero-order valence-electron chi connectivity index (χ0n) is 19.4. The number of aryl methyl sites for hydroxylation is 1. The van der Waals surface area contributed by atoms with Crippen LogP contribution in [0.1, 0.15) is 57.3 Å². The first-order valence-corrected chi connectivity index (χ1v) is 13.4. The van der Waals surface area contributed by atoms with Gasteiger partial charge in [-0.1, -0.05) is 52.7 Å². The quantitative estimate of drug-likeness (QED) is 0.208. The predicted molar refractivity (Wildman–Crippen MR) is 144 cm³/mol. The summed E-state index contributed by atoms with van der Waals surface area (Å²) in [6.07, 6.45) is 5.03. The number of fused-ring (bicyclic) bond motifs is 2. The number of hydrogen-bond acceptors (Lipinski definition) is 5. The molecular formula is C28H25BrN2O3S. The van der Waals surface area contributed by atoms with E-state index in [1.165, 1.54) is 16.2 Å². The fourth-order valence-corrected chi connectivity index (χ4v) is 6.25. The Morgan fingerprint density at radius 1 is 1.06 bits per heavy atom. The van der Waals surface area contributed by atoms with Crippen LogP contribution in [0, 0.1) is 0 Å². The first kappa shape index (κ1) is 23.7. The van der Waals surface area contributed by atoms with Crippen LogP contribution in [-0.4, -0.2) is 23.5 Å². The second-order valence-corrected chi connectivity index (χ2v) is 10.5. The minimum Gasteiger partial charge on any atom is -0.462 e. The van der Waals surface area contributed by atoms with Gasteiger partial charge in [-0.05, 0) is 62.4 Å². The first-order chi connectivity index (χ1) is 17.0. The third-order valence-corrected chi connectivity index (χ3v) is 7.91. The van der Waals surface area contributed by atoms with Crippen molar-refractivity contribution in [3.63, 3.8) is 0 Å². The molecule has 2 aromatic carbocycles. The minimum atomic E-state index is -0.364. The van der Waals surface area contributed by atoms with Crippen molar-refractivity contribution in [3.8, 4) is 11.3 Å². The van der Waals surface area contributed by atoms with Crippen molar-refractivity contribution in [2.45, 2.75) is 39.0 Å². The zero-order chi connectivity index (χ0) is 24.4. The van der Waals surface area contributed by atoms with Crippen LogP contribution in [0.25, 0.3) is 22.2 Å². The number of esters is 1. The molecule has 1 aliphatic rings. The molecule has 5 rings (SSSR count). The summed E-state index contributed by atoms with van der Waals surface area (Å²) in [5.74, 6) is -0.626. The number of nitrogens with one attached hydrogen (secondary N) is 1. The van der Waals surface area contributed by atoms with Gasteiger partial charge >= 0.3 is 5.97 Å². The molecule has 1 N–H and O–H groups in total. The van der Waals surface area contributed by atoms with Gasteiger partial charge in [0.05, 0.1) is 28.9 Å². The Morgan fingerprint density at radius 2 is 1.89 bits per heavy atom. The van der Waals surface area contributed by atoms with Gasteiger partial charge < -0.3 is 10.1 Å². The molecule has 0 saturated heterocycles. The summed E-state index contributed by atoms with van der Waals surface area (Å²) in [6, 6.07) is 17.3. The molecule has 0 saturated carbocycles. The van der Waals surface area contributed by atoms with E-state index >= 15 is 0 Å². The fraction of sp³-hybridized carbons (Fsp3) is 0.250. The van der Waals surface area contributed by atoms with E-state index in [1.807, 2.05) is 54.6 Å². The molecule has 4 aromatic rings. The lowest BCUT2D eigenvalue weighted by atomic mass is 10.0. The zero-order valence-corrected chi connectivity index (χ0v) is 21.8. The molecule has 7 heteroatoms. The van der Waals surface area contributed by atoms with Crippen LogP contribution in [0.2, 0.25) is 0 Å². The molecule has 1 aliphatic carbocycles. The summed E-state index contributed by atoms with van der Waals surface area (Å²) >= 11 is 5.02. The molecule has 5 nitrogen and oxygen atoms in total. The molecule has 0 aliphatic heterocycles. The molecular weight excluding hydrogens is 524 g/mol.